The molecule has 0 fully saturated rings. The Morgan fingerprint density at radius 3 is 1.96 bits per heavy atom. The summed E-state index contributed by atoms with van der Waals surface area (Å²) in [5.74, 6) is -0.520. The largest absolute Gasteiger partial charge is 0.416 e. The molecule has 0 saturated carbocycles. The van der Waals surface area contributed by atoms with Crippen LogP contribution in [0, 0.1) is 0 Å². The summed E-state index contributed by atoms with van der Waals surface area (Å²) in [6, 6.07) is 9.50. The molecule has 0 heterocycles. The fourth-order valence-corrected chi connectivity index (χ4v) is 2.81. The Morgan fingerprint density at radius 2 is 1.52 bits per heavy atom. The van der Waals surface area contributed by atoms with Crippen molar-refractivity contribution in [2.45, 2.75) is 24.0 Å². The molecule has 0 spiro atoms. The average Bonchev–Trinajstić information content (AvgIpc) is 2.53. The maximum Gasteiger partial charge on any atom is 0.416 e. The number of carbonyl (C=O) groups excluding carboxylic acids is 1. The number of amides is 1. The molecule has 25 heavy (non-hydrogen) atoms. The highest BCUT2D eigenvalue weighted by molar-refractivity contribution is 7.90. The molecule has 1 N–H and O–H groups in total. The van der Waals surface area contributed by atoms with Gasteiger partial charge in [-0.25, -0.2) is 8.42 Å². The van der Waals surface area contributed by atoms with E-state index in [1.807, 2.05) is 0 Å². The van der Waals surface area contributed by atoms with E-state index >= 15 is 0 Å². The zero-order chi connectivity index (χ0) is 18.8. The van der Waals surface area contributed by atoms with Gasteiger partial charge in [-0.1, -0.05) is 12.1 Å². The molecular weight excluding hydrogens is 355 g/mol. The predicted octanol–water partition coefficient (Wildman–Crippen LogP) is 3.60. The maximum atomic E-state index is 12.5. The maximum absolute atomic E-state index is 12.5. The smallest absolute Gasteiger partial charge is 0.346 e. The van der Waals surface area contributed by atoms with Gasteiger partial charge < -0.3 is 5.32 Å². The minimum absolute atomic E-state index is 0.104. The molecule has 2 rings (SSSR count). The molecule has 0 aliphatic rings. The summed E-state index contributed by atoms with van der Waals surface area (Å²) in [4.78, 5) is 12.3. The van der Waals surface area contributed by atoms with Crippen molar-refractivity contribution >= 4 is 15.7 Å². The highest BCUT2D eigenvalue weighted by Crippen LogP contribution is 2.29. The van der Waals surface area contributed by atoms with E-state index in [-0.39, 0.29) is 10.5 Å². The molecule has 0 aliphatic carbocycles. The van der Waals surface area contributed by atoms with Gasteiger partial charge in [-0.15, -0.1) is 0 Å². The molecule has 2 aromatic rings. The lowest BCUT2D eigenvalue weighted by atomic mass is 10.1. The van der Waals surface area contributed by atoms with Crippen LogP contribution in [0.3, 0.4) is 0 Å². The van der Waals surface area contributed by atoms with Gasteiger partial charge in [0.1, 0.15) is 0 Å². The molecular formula is C17H16F3NO3S. The molecule has 2 aromatic carbocycles. The lowest BCUT2D eigenvalue weighted by Crippen LogP contribution is -2.26. The van der Waals surface area contributed by atoms with Crippen LogP contribution in [0.2, 0.25) is 0 Å². The summed E-state index contributed by atoms with van der Waals surface area (Å²) in [6.07, 6.45) is -3.36. The molecule has 0 saturated heterocycles. The Bertz CT molecular complexity index is 858. The second-order valence-corrected chi connectivity index (χ2v) is 7.63. The number of hydrogen-bond donors (Lipinski definition) is 1. The first-order valence-electron chi connectivity index (χ1n) is 7.26. The van der Waals surface area contributed by atoms with Crippen molar-refractivity contribution in [1.29, 1.82) is 0 Å². The van der Waals surface area contributed by atoms with E-state index in [1.54, 1.807) is 19.1 Å². The van der Waals surface area contributed by atoms with Crippen molar-refractivity contribution in [2.24, 2.45) is 0 Å². The third-order valence-electron chi connectivity index (χ3n) is 3.63. The van der Waals surface area contributed by atoms with Crippen LogP contribution in [-0.2, 0) is 16.0 Å². The second kappa shape index (κ2) is 6.87. The molecule has 0 aliphatic heterocycles. The lowest BCUT2D eigenvalue weighted by molar-refractivity contribution is -0.137. The minimum Gasteiger partial charge on any atom is -0.346 e. The zero-order valence-electron chi connectivity index (χ0n) is 13.5. The Morgan fingerprint density at radius 1 is 1.00 bits per heavy atom. The van der Waals surface area contributed by atoms with E-state index in [2.05, 4.69) is 5.32 Å². The lowest BCUT2D eigenvalue weighted by Gasteiger charge is -2.15. The van der Waals surface area contributed by atoms with Crippen LogP contribution in [0.15, 0.2) is 53.4 Å². The average molecular weight is 371 g/mol. The van der Waals surface area contributed by atoms with E-state index in [4.69, 9.17) is 0 Å². The van der Waals surface area contributed by atoms with Gasteiger partial charge in [0.05, 0.1) is 16.5 Å². The summed E-state index contributed by atoms with van der Waals surface area (Å²) in [5.41, 5.74) is -0.0475. The number of benzene rings is 2. The number of nitrogens with one attached hydrogen (secondary N) is 1. The first-order valence-corrected chi connectivity index (χ1v) is 9.16. The molecule has 134 valence electrons. The molecule has 4 nitrogen and oxygen atoms in total. The van der Waals surface area contributed by atoms with Gasteiger partial charge in [0.25, 0.3) is 5.91 Å². The number of hydrogen-bond acceptors (Lipinski definition) is 3. The molecule has 1 amide bonds. The topological polar surface area (TPSA) is 63.2 Å². The predicted molar refractivity (Wildman–Crippen MR) is 86.9 cm³/mol. The first kappa shape index (κ1) is 19.0. The van der Waals surface area contributed by atoms with Gasteiger partial charge in [0.15, 0.2) is 9.84 Å². The zero-order valence-corrected chi connectivity index (χ0v) is 14.3. The third kappa shape index (κ3) is 4.82. The Balaban J connectivity index is 2.09. The van der Waals surface area contributed by atoms with Crippen LogP contribution >= 0.6 is 0 Å². The van der Waals surface area contributed by atoms with Gasteiger partial charge in [0.2, 0.25) is 0 Å². The normalized spacial score (nSPS) is 13.3. The number of alkyl halides is 3. The summed E-state index contributed by atoms with van der Waals surface area (Å²) in [5, 5.41) is 2.66. The van der Waals surface area contributed by atoms with Gasteiger partial charge in [-0.2, -0.15) is 13.2 Å². The third-order valence-corrected chi connectivity index (χ3v) is 4.76. The van der Waals surface area contributed by atoms with Crippen molar-refractivity contribution < 1.29 is 26.4 Å². The van der Waals surface area contributed by atoms with Crippen LogP contribution in [0.1, 0.15) is 34.5 Å². The fraction of sp³-hybridized carbons (Fsp3) is 0.235. The number of halogens is 3. The minimum atomic E-state index is -4.45. The van der Waals surface area contributed by atoms with Crippen molar-refractivity contribution in [3.63, 3.8) is 0 Å². The Hall–Kier alpha value is -2.35. The van der Waals surface area contributed by atoms with Gasteiger partial charge in [-0.3, -0.25) is 4.79 Å². The summed E-state index contributed by atoms with van der Waals surface area (Å²) >= 11 is 0. The molecule has 1 unspecified atom stereocenters. The van der Waals surface area contributed by atoms with E-state index < -0.39 is 33.5 Å². The summed E-state index contributed by atoms with van der Waals surface area (Å²) < 4.78 is 60.4. The van der Waals surface area contributed by atoms with Gasteiger partial charge >= 0.3 is 6.18 Å². The monoisotopic (exact) mass is 371 g/mol. The first-order chi connectivity index (χ1) is 11.5. The van der Waals surface area contributed by atoms with Crippen molar-refractivity contribution in [2.75, 3.05) is 6.26 Å². The quantitative estimate of drug-likeness (QED) is 0.893. The number of sulfone groups is 1. The van der Waals surface area contributed by atoms with Crippen molar-refractivity contribution in [3.8, 4) is 0 Å². The van der Waals surface area contributed by atoms with E-state index in [9.17, 15) is 26.4 Å². The Kier molecular flexibility index (Phi) is 5.22. The molecule has 0 aromatic heterocycles. The summed E-state index contributed by atoms with van der Waals surface area (Å²) in [6.45, 7) is 1.69. The molecule has 1 atom stereocenters. The molecule has 0 radical (unpaired) electrons. The fourth-order valence-electron chi connectivity index (χ4n) is 2.18. The standard InChI is InChI=1S/C17H16F3NO3S/c1-11(12-5-9-15(10-6-12)25(2,23)24)21-16(22)13-3-7-14(8-4-13)17(18,19)20/h3-11H,1-2H3,(H,21,22). The van der Waals surface area contributed by atoms with Crippen LogP contribution in [0.25, 0.3) is 0 Å². The Labute approximate surface area is 143 Å². The van der Waals surface area contributed by atoms with E-state index in [0.717, 1.165) is 30.5 Å². The van der Waals surface area contributed by atoms with Gasteiger partial charge in [0, 0.05) is 11.8 Å². The van der Waals surface area contributed by atoms with Crippen LogP contribution in [0.5, 0.6) is 0 Å². The van der Waals surface area contributed by atoms with Gasteiger partial charge in [-0.05, 0) is 48.9 Å². The van der Waals surface area contributed by atoms with Crippen LogP contribution in [0.4, 0.5) is 13.2 Å². The molecule has 8 heteroatoms. The van der Waals surface area contributed by atoms with Crippen LogP contribution < -0.4 is 5.32 Å². The van der Waals surface area contributed by atoms with Crippen LogP contribution in [-0.4, -0.2) is 20.6 Å². The highest BCUT2D eigenvalue weighted by Gasteiger charge is 2.30. The summed E-state index contributed by atoms with van der Waals surface area (Å²) in [7, 11) is -3.31. The SMILES string of the molecule is CC(NC(=O)c1ccc(C(F)(F)F)cc1)c1ccc(S(C)(=O)=O)cc1. The number of carbonyl (C=O) groups is 1. The van der Waals surface area contributed by atoms with E-state index in [1.165, 1.54) is 12.1 Å². The number of rotatable bonds is 4. The van der Waals surface area contributed by atoms with Crippen molar-refractivity contribution in [1.82, 2.24) is 5.32 Å². The molecule has 0 bridgehead atoms. The van der Waals surface area contributed by atoms with E-state index in [0.29, 0.717) is 5.56 Å². The highest BCUT2D eigenvalue weighted by atomic mass is 32.2. The van der Waals surface area contributed by atoms with Crippen molar-refractivity contribution in [3.05, 3.63) is 65.2 Å². The second-order valence-electron chi connectivity index (χ2n) is 5.61.